The van der Waals surface area contributed by atoms with Crippen LogP contribution in [0, 0.1) is 6.92 Å². The van der Waals surface area contributed by atoms with Gasteiger partial charge in [-0.25, -0.2) is 8.42 Å². The van der Waals surface area contributed by atoms with Crippen molar-refractivity contribution in [3.63, 3.8) is 0 Å². The highest BCUT2D eigenvalue weighted by Crippen LogP contribution is 2.31. The lowest BCUT2D eigenvalue weighted by atomic mass is 10.1. The third-order valence-electron chi connectivity index (χ3n) is 5.81. The van der Waals surface area contributed by atoms with E-state index in [1.807, 2.05) is 13.8 Å². The molecule has 0 radical (unpaired) electrons. The number of hydrogen-bond acceptors (Lipinski definition) is 5. The normalized spacial score (nSPS) is 13.0. The number of hydrogen-bond donors (Lipinski definition) is 1. The largest absolute Gasteiger partial charge is 0.495 e. The van der Waals surface area contributed by atoms with E-state index in [2.05, 4.69) is 5.32 Å². The Morgan fingerprint density at radius 3 is 2.33 bits per heavy atom. The van der Waals surface area contributed by atoms with Crippen LogP contribution in [-0.4, -0.2) is 57.1 Å². The molecule has 0 heterocycles. The number of nitrogens with zero attached hydrogens (tertiary/aromatic N) is 2. The van der Waals surface area contributed by atoms with E-state index in [9.17, 15) is 18.0 Å². The molecule has 0 aromatic heterocycles. The van der Waals surface area contributed by atoms with Gasteiger partial charge in [0, 0.05) is 22.6 Å². The molecule has 0 spiro atoms. The first-order valence-electron chi connectivity index (χ1n) is 11.4. The number of benzene rings is 2. The molecule has 1 N–H and O–H groups in total. The summed E-state index contributed by atoms with van der Waals surface area (Å²) in [6.07, 6.45) is 1.73. The molecule has 0 bridgehead atoms. The number of halogens is 2. The number of nitrogens with one attached hydrogen (secondary N) is 1. The highest BCUT2D eigenvalue weighted by atomic mass is 35.5. The lowest BCUT2D eigenvalue weighted by Crippen LogP contribution is -2.52. The van der Waals surface area contributed by atoms with E-state index in [0.29, 0.717) is 27.8 Å². The number of carbonyl (C=O) groups is 2. The molecule has 0 fully saturated rings. The zero-order valence-corrected chi connectivity index (χ0v) is 23.7. The van der Waals surface area contributed by atoms with Crippen molar-refractivity contribution in [2.75, 3.05) is 24.2 Å². The highest BCUT2D eigenvalue weighted by Gasteiger charge is 2.31. The van der Waals surface area contributed by atoms with Gasteiger partial charge in [-0.3, -0.25) is 13.9 Å². The van der Waals surface area contributed by atoms with Gasteiger partial charge >= 0.3 is 0 Å². The van der Waals surface area contributed by atoms with Gasteiger partial charge in [0.2, 0.25) is 21.8 Å². The first-order chi connectivity index (χ1) is 16.8. The minimum atomic E-state index is -3.89. The summed E-state index contributed by atoms with van der Waals surface area (Å²) in [7, 11) is -2.47. The quantitative estimate of drug-likeness (QED) is 0.441. The molecule has 0 saturated heterocycles. The molecule has 0 aliphatic rings. The number of sulfonamides is 1. The minimum Gasteiger partial charge on any atom is -0.495 e. The van der Waals surface area contributed by atoms with Crippen molar-refractivity contribution in [2.45, 2.75) is 52.7 Å². The van der Waals surface area contributed by atoms with Crippen molar-refractivity contribution in [1.82, 2.24) is 10.2 Å². The maximum Gasteiger partial charge on any atom is 0.244 e. The van der Waals surface area contributed by atoms with Gasteiger partial charge in [-0.2, -0.15) is 0 Å². The van der Waals surface area contributed by atoms with Crippen LogP contribution in [0.15, 0.2) is 36.4 Å². The lowest BCUT2D eigenvalue weighted by Gasteiger charge is -2.32. The molecule has 2 rings (SSSR count). The number of amides is 2. The molecule has 8 nitrogen and oxygen atoms in total. The first-order valence-corrected chi connectivity index (χ1v) is 14.0. The molecule has 2 aromatic rings. The number of methoxy groups -OCH3 is 1. The van der Waals surface area contributed by atoms with Gasteiger partial charge in [0.15, 0.2) is 0 Å². The van der Waals surface area contributed by atoms with E-state index >= 15 is 0 Å². The molecular formula is C25H33Cl2N3O5S. The second-order valence-electron chi connectivity index (χ2n) is 8.70. The van der Waals surface area contributed by atoms with Crippen LogP contribution in [0.2, 0.25) is 10.0 Å². The predicted molar refractivity (Wildman–Crippen MR) is 144 cm³/mol. The molecular weight excluding hydrogens is 525 g/mol. The molecule has 2 atom stereocenters. The Morgan fingerprint density at radius 2 is 1.78 bits per heavy atom. The van der Waals surface area contributed by atoms with Gasteiger partial charge in [-0.1, -0.05) is 42.3 Å². The molecule has 2 amide bonds. The van der Waals surface area contributed by atoms with E-state index in [1.54, 1.807) is 50.2 Å². The molecule has 2 aromatic carbocycles. The van der Waals surface area contributed by atoms with Gasteiger partial charge in [-0.05, 0) is 62.6 Å². The number of aryl methyl sites for hydroxylation is 1. The first kappa shape index (κ1) is 29.7. The van der Waals surface area contributed by atoms with Crippen molar-refractivity contribution in [1.29, 1.82) is 0 Å². The van der Waals surface area contributed by atoms with E-state index in [4.69, 9.17) is 27.9 Å². The summed E-state index contributed by atoms with van der Waals surface area (Å²) in [5.41, 5.74) is 1.59. The molecule has 198 valence electrons. The van der Waals surface area contributed by atoms with Crippen molar-refractivity contribution in [3.05, 3.63) is 57.6 Å². The van der Waals surface area contributed by atoms with Gasteiger partial charge < -0.3 is 15.0 Å². The summed E-state index contributed by atoms with van der Waals surface area (Å²) >= 11 is 12.4. The van der Waals surface area contributed by atoms with Crippen LogP contribution in [-0.2, 0) is 26.2 Å². The Bertz CT molecular complexity index is 1210. The third kappa shape index (κ3) is 7.75. The fourth-order valence-electron chi connectivity index (χ4n) is 3.47. The monoisotopic (exact) mass is 557 g/mol. The second-order valence-corrected chi connectivity index (χ2v) is 11.4. The molecule has 36 heavy (non-hydrogen) atoms. The zero-order chi connectivity index (χ0) is 27.2. The summed E-state index contributed by atoms with van der Waals surface area (Å²) in [4.78, 5) is 28.0. The average molecular weight is 559 g/mol. The second kappa shape index (κ2) is 12.7. The third-order valence-corrected chi connectivity index (χ3v) is 7.52. The molecule has 11 heteroatoms. The Morgan fingerprint density at radius 1 is 1.11 bits per heavy atom. The fraction of sp³-hybridized carbons (Fsp3) is 0.440. The van der Waals surface area contributed by atoms with Gasteiger partial charge in [0.1, 0.15) is 18.3 Å². The Hall–Kier alpha value is -2.49. The average Bonchev–Trinajstić information content (AvgIpc) is 2.80. The standard InChI is InChI=1S/C25H33Cl2N3O5S/c1-7-17(3)28-25(32)18(4)29(14-19-9-10-20(26)13-21(19)27)24(31)15-30(36(6,33)34)22-12-16(2)8-11-23(22)35-5/h8-13,17-18H,7,14-15H2,1-6H3,(H,28,32)/t17-,18-/m0/s1. The number of rotatable bonds is 11. The van der Waals surface area contributed by atoms with Crippen LogP contribution in [0.5, 0.6) is 5.75 Å². The van der Waals surface area contributed by atoms with E-state index in [0.717, 1.165) is 16.1 Å². The topological polar surface area (TPSA) is 96.0 Å². The maximum atomic E-state index is 13.7. The summed E-state index contributed by atoms with van der Waals surface area (Å²) in [6, 6.07) is 8.90. The van der Waals surface area contributed by atoms with Crippen molar-refractivity contribution in [2.24, 2.45) is 0 Å². The summed E-state index contributed by atoms with van der Waals surface area (Å²) in [5, 5.41) is 3.63. The predicted octanol–water partition coefficient (Wildman–Crippen LogP) is 4.41. The number of carbonyl (C=O) groups excluding carboxylic acids is 2. The van der Waals surface area contributed by atoms with E-state index in [1.165, 1.54) is 12.0 Å². The van der Waals surface area contributed by atoms with Gasteiger partial charge in [-0.15, -0.1) is 0 Å². The maximum absolute atomic E-state index is 13.7. The Labute approximate surface area is 223 Å². The Balaban J connectivity index is 2.49. The number of ether oxygens (including phenoxy) is 1. The van der Waals surface area contributed by atoms with E-state index in [-0.39, 0.29) is 24.2 Å². The summed E-state index contributed by atoms with van der Waals surface area (Å²) in [5.74, 6) is -0.641. The minimum absolute atomic E-state index is 0.0213. The van der Waals surface area contributed by atoms with Crippen LogP contribution in [0.4, 0.5) is 5.69 Å². The molecule has 0 saturated carbocycles. The zero-order valence-electron chi connectivity index (χ0n) is 21.3. The van der Waals surface area contributed by atoms with Gasteiger partial charge in [0.25, 0.3) is 0 Å². The molecule has 0 unspecified atom stereocenters. The summed E-state index contributed by atoms with van der Waals surface area (Å²) < 4.78 is 31.9. The van der Waals surface area contributed by atoms with Gasteiger partial charge in [0.05, 0.1) is 19.1 Å². The van der Waals surface area contributed by atoms with Crippen LogP contribution < -0.4 is 14.4 Å². The van der Waals surface area contributed by atoms with Crippen LogP contribution in [0.25, 0.3) is 0 Å². The van der Waals surface area contributed by atoms with Crippen molar-refractivity contribution in [3.8, 4) is 5.75 Å². The van der Waals surface area contributed by atoms with Crippen molar-refractivity contribution < 1.29 is 22.7 Å². The van der Waals surface area contributed by atoms with Crippen molar-refractivity contribution >= 4 is 50.7 Å². The lowest BCUT2D eigenvalue weighted by molar-refractivity contribution is -0.139. The molecule has 0 aliphatic carbocycles. The fourth-order valence-corrected chi connectivity index (χ4v) is 4.78. The summed E-state index contributed by atoms with van der Waals surface area (Å²) in [6.45, 7) is 6.64. The van der Waals surface area contributed by atoms with Crippen LogP contribution in [0.3, 0.4) is 0 Å². The molecule has 0 aliphatic heterocycles. The van der Waals surface area contributed by atoms with Crippen LogP contribution in [0.1, 0.15) is 38.3 Å². The van der Waals surface area contributed by atoms with E-state index < -0.39 is 28.5 Å². The smallest absolute Gasteiger partial charge is 0.244 e. The highest BCUT2D eigenvalue weighted by molar-refractivity contribution is 7.92. The van der Waals surface area contributed by atoms with Crippen LogP contribution >= 0.6 is 23.2 Å². The Kier molecular flexibility index (Phi) is 10.5. The SMILES string of the molecule is CC[C@H](C)NC(=O)[C@H](C)N(Cc1ccc(Cl)cc1Cl)C(=O)CN(c1cc(C)ccc1OC)S(C)(=O)=O. The number of anilines is 1.